The van der Waals surface area contributed by atoms with Crippen LogP contribution in [-0.2, 0) is 16.6 Å². The second kappa shape index (κ2) is 7.29. The first-order valence-electron chi connectivity index (χ1n) is 10.9. The largest absolute Gasteiger partial charge is 0.342 e. The van der Waals surface area contributed by atoms with Crippen molar-refractivity contribution in [2.45, 2.75) is 84.0 Å². The van der Waals surface area contributed by atoms with E-state index in [9.17, 15) is 4.79 Å². The summed E-state index contributed by atoms with van der Waals surface area (Å²) >= 11 is 0. The normalized spacial score (nSPS) is 19.4. The van der Waals surface area contributed by atoms with Crippen LogP contribution in [0.1, 0.15) is 83.5 Å². The van der Waals surface area contributed by atoms with Gasteiger partial charge in [0.05, 0.1) is 22.1 Å². The highest BCUT2D eigenvalue weighted by molar-refractivity contribution is 6.09. The molecule has 4 rings (SSSR count). The summed E-state index contributed by atoms with van der Waals surface area (Å²) < 4.78 is 0. The molecule has 1 saturated carbocycles. The number of carbonyl (C=O) groups is 1. The van der Waals surface area contributed by atoms with Crippen LogP contribution in [-0.4, -0.2) is 22.4 Å². The predicted octanol–water partition coefficient (Wildman–Crippen LogP) is 5.50. The van der Waals surface area contributed by atoms with Crippen LogP contribution >= 0.6 is 0 Å². The van der Waals surface area contributed by atoms with E-state index in [0.717, 1.165) is 59.8 Å². The van der Waals surface area contributed by atoms with Gasteiger partial charge in [0, 0.05) is 13.0 Å². The summed E-state index contributed by atoms with van der Waals surface area (Å²) in [5, 5.41) is 0. The predicted molar refractivity (Wildman–Crippen MR) is 111 cm³/mol. The molecule has 1 amide bonds. The lowest BCUT2D eigenvalue weighted by Crippen LogP contribution is -2.36. The Labute approximate surface area is 162 Å². The SMILES string of the molecule is CCCCCN1C(=O)C(C)(C)c2cc3[nH]c(CCC4CCCC4)nc3cc21. The quantitative estimate of drug-likeness (QED) is 0.657. The fourth-order valence-corrected chi connectivity index (χ4v) is 4.88. The monoisotopic (exact) mass is 367 g/mol. The van der Waals surface area contributed by atoms with Gasteiger partial charge in [-0.2, -0.15) is 0 Å². The molecule has 1 aliphatic carbocycles. The standard InChI is InChI=1S/C23H33N3O/c1-4-5-8-13-26-20-15-19-18(14-17(20)23(2,3)22(26)27)24-21(25-19)12-11-16-9-6-7-10-16/h14-16H,4-13H2,1-3H3,(H,24,25). The van der Waals surface area contributed by atoms with Gasteiger partial charge in [0.2, 0.25) is 5.91 Å². The third-order valence-electron chi connectivity index (χ3n) is 6.64. The molecule has 1 N–H and O–H groups in total. The van der Waals surface area contributed by atoms with Crippen molar-refractivity contribution in [2.75, 3.05) is 11.4 Å². The molecule has 1 aliphatic heterocycles. The summed E-state index contributed by atoms with van der Waals surface area (Å²) in [4.78, 5) is 23.4. The number of H-pyrrole nitrogens is 1. The summed E-state index contributed by atoms with van der Waals surface area (Å²) in [6.45, 7) is 7.12. The number of imidazole rings is 1. The number of hydrogen-bond acceptors (Lipinski definition) is 2. The number of nitrogens with one attached hydrogen (secondary N) is 1. The second-order valence-corrected chi connectivity index (χ2v) is 9.05. The molecule has 0 atom stereocenters. The van der Waals surface area contributed by atoms with Gasteiger partial charge >= 0.3 is 0 Å². The van der Waals surface area contributed by atoms with E-state index in [1.54, 1.807) is 0 Å². The Hall–Kier alpha value is -1.84. The van der Waals surface area contributed by atoms with E-state index >= 15 is 0 Å². The Morgan fingerprint density at radius 2 is 2.00 bits per heavy atom. The van der Waals surface area contributed by atoms with E-state index in [1.807, 2.05) is 4.90 Å². The molecule has 0 spiro atoms. The summed E-state index contributed by atoms with van der Waals surface area (Å²) in [5.41, 5.74) is 3.84. The molecular weight excluding hydrogens is 334 g/mol. The van der Waals surface area contributed by atoms with Crippen LogP contribution in [0.3, 0.4) is 0 Å². The Morgan fingerprint density at radius 1 is 1.22 bits per heavy atom. The Morgan fingerprint density at radius 3 is 2.74 bits per heavy atom. The van der Waals surface area contributed by atoms with Crippen molar-refractivity contribution in [2.24, 2.45) is 5.92 Å². The number of fused-ring (bicyclic) bond motifs is 2. The maximum atomic E-state index is 13.0. The Balaban J connectivity index is 1.60. The molecule has 4 heteroatoms. The summed E-state index contributed by atoms with van der Waals surface area (Å²) in [6, 6.07) is 4.31. The van der Waals surface area contributed by atoms with Gasteiger partial charge in [-0.3, -0.25) is 4.79 Å². The smallest absolute Gasteiger partial charge is 0.237 e. The number of carbonyl (C=O) groups excluding carboxylic acids is 1. The average Bonchev–Trinajstić information content (AvgIpc) is 3.33. The number of anilines is 1. The van der Waals surface area contributed by atoms with E-state index in [2.05, 4.69) is 37.9 Å². The van der Waals surface area contributed by atoms with Gasteiger partial charge in [-0.1, -0.05) is 45.4 Å². The number of aromatic amines is 1. The van der Waals surface area contributed by atoms with Crippen LogP contribution in [0.15, 0.2) is 12.1 Å². The molecule has 0 unspecified atom stereocenters. The van der Waals surface area contributed by atoms with E-state index in [0.29, 0.717) is 0 Å². The van der Waals surface area contributed by atoms with Crippen molar-refractivity contribution in [3.8, 4) is 0 Å². The summed E-state index contributed by atoms with van der Waals surface area (Å²) in [7, 11) is 0. The molecule has 0 bridgehead atoms. The lowest BCUT2D eigenvalue weighted by atomic mass is 9.86. The van der Waals surface area contributed by atoms with Crippen LogP contribution in [0.5, 0.6) is 0 Å². The molecule has 0 radical (unpaired) electrons. The molecule has 0 saturated heterocycles. The number of amides is 1. The van der Waals surface area contributed by atoms with Gasteiger partial charge in [0.1, 0.15) is 5.82 Å². The number of benzene rings is 1. The van der Waals surface area contributed by atoms with Crippen LogP contribution < -0.4 is 4.90 Å². The molecule has 2 aromatic rings. The maximum Gasteiger partial charge on any atom is 0.237 e. The topological polar surface area (TPSA) is 49.0 Å². The van der Waals surface area contributed by atoms with Crippen molar-refractivity contribution in [3.05, 3.63) is 23.5 Å². The molecule has 1 aromatic heterocycles. The molecule has 4 nitrogen and oxygen atoms in total. The highest BCUT2D eigenvalue weighted by Gasteiger charge is 2.43. The molecule has 27 heavy (non-hydrogen) atoms. The maximum absolute atomic E-state index is 13.0. The van der Waals surface area contributed by atoms with Gasteiger partial charge in [-0.05, 0) is 50.3 Å². The zero-order chi connectivity index (χ0) is 19.0. The van der Waals surface area contributed by atoms with Gasteiger partial charge < -0.3 is 9.88 Å². The van der Waals surface area contributed by atoms with E-state index in [1.165, 1.54) is 38.5 Å². The molecule has 146 valence electrons. The lowest BCUT2D eigenvalue weighted by molar-refractivity contribution is -0.122. The molecule has 1 fully saturated rings. The number of unbranched alkanes of at least 4 members (excludes halogenated alkanes) is 2. The van der Waals surface area contributed by atoms with E-state index in [-0.39, 0.29) is 5.91 Å². The van der Waals surface area contributed by atoms with Crippen LogP contribution in [0.2, 0.25) is 0 Å². The van der Waals surface area contributed by atoms with Crippen molar-refractivity contribution in [3.63, 3.8) is 0 Å². The average molecular weight is 368 g/mol. The number of aryl methyl sites for hydroxylation is 1. The van der Waals surface area contributed by atoms with Gasteiger partial charge in [0.15, 0.2) is 0 Å². The Kier molecular flexibility index (Phi) is 5.00. The Bertz CT molecular complexity index is 830. The van der Waals surface area contributed by atoms with Crippen LogP contribution in [0, 0.1) is 5.92 Å². The zero-order valence-corrected chi connectivity index (χ0v) is 17.1. The first-order valence-corrected chi connectivity index (χ1v) is 10.9. The number of rotatable bonds is 7. The summed E-state index contributed by atoms with van der Waals surface area (Å²) in [5.74, 6) is 2.21. The van der Waals surface area contributed by atoms with Crippen LogP contribution in [0.25, 0.3) is 11.0 Å². The summed E-state index contributed by atoms with van der Waals surface area (Å²) in [6.07, 6.45) is 11.2. The minimum atomic E-state index is -0.454. The number of hydrogen-bond donors (Lipinski definition) is 1. The van der Waals surface area contributed by atoms with Gasteiger partial charge in [-0.15, -0.1) is 0 Å². The van der Waals surface area contributed by atoms with Crippen molar-refractivity contribution < 1.29 is 4.79 Å². The molecule has 2 heterocycles. The third kappa shape index (κ3) is 3.39. The molecule has 1 aromatic carbocycles. The first kappa shape index (κ1) is 18.5. The van der Waals surface area contributed by atoms with Crippen molar-refractivity contribution in [1.82, 2.24) is 9.97 Å². The third-order valence-corrected chi connectivity index (χ3v) is 6.64. The second-order valence-electron chi connectivity index (χ2n) is 9.05. The van der Waals surface area contributed by atoms with Crippen molar-refractivity contribution >= 4 is 22.6 Å². The van der Waals surface area contributed by atoms with Gasteiger partial charge in [-0.25, -0.2) is 4.98 Å². The lowest BCUT2D eigenvalue weighted by Gasteiger charge is -2.20. The highest BCUT2D eigenvalue weighted by Crippen LogP contribution is 2.43. The minimum Gasteiger partial charge on any atom is -0.342 e. The molecular formula is C23H33N3O. The molecule has 2 aliphatic rings. The number of aromatic nitrogens is 2. The van der Waals surface area contributed by atoms with Crippen LogP contribution in [0.4, 0.5) is 5.69 Å². The van der Waals surface area contributed by atoms with E-state index < -0.39 is 5.41 Å². The fourth-order valence-electron chi connectivity index (χ4n) is 4.88. The first-order chi connectivity index (χ1) is 13.0. The fraction of sp³-hybridized carbons (Fsp3) is 0.652. The zero-order valence-electron chi connectivity index (χ0n) is 17.1. The highest BCUT2D eigenvalue weighted by atomic mass is 16.2. The van der Waals surface area contributed by atoms with E-state index in [4.69, 9.17) is 4.98 Å². The van der Waals surface area contributed by atoms with Gasteiger partial charge in [0.25, 0.3) is 0 Å². The number of nitrogens with zero attached hydrogens (tertiary/aromatic N) is 2. The van der Waals surface area contributed by atoms with Crippen molar-refractivity contribution in [1.29, 1.82) is 0 Å². The minimum absolute atomic E-state index is 0.225.